The summed E-state index contributed by atoms with van der Waals surface area (Å²) in [5, 5.41) is 9.72. The molecular formula is C9H13ClN2S2. The summed E-state index contributed by atoms with van der Waals surface area (Å²) in [5.74, 6) is 0.981. The molecule has 0 radical (unpaired) electrons. The van der Waals surface area contributed by atoms with Crippen molar-refractivity contribution in [2.24, 2.45) is 0 Å². The van der Waals surface area contributed by atoms with Gasteiger partial charge in [0.2, 0.25) is 4.47 Å². The van der Waals surface area contributed by atoms with Crippen LogP contribution in [0.3, 0.4) is 0 Å². The van der Waals surface area contributed by atoms with Gasteiger partial charge in [0.25, 0.3) is 0 Å². The van der Waals surface area contributed by atoms with Gasteiger partial charge in [0.15, 0.2) is 0 Å². The molecule has 0 amide bonds. The van der Waals surface area contributed by atoms with Crippen LogP contribution in [0.15, 0.2) is 0 Å². The minimum absolute atomic E-state index is 0.559. The molecule has 1 heterocycles. The first-order valence-corrected chi connectivity index (χ1v) is 7.18. The standard InChI is InChI=1S/C9H13ClN2S2/c10-9-12-11-8(14-9)6-13-7-4-2-1-3-5-7/h7H,1-6H2. The van der Waals surface area contributed by atoms with Crippen molar-refractivity contribution in [2.45, 2.75) is 43.1 Å². The molecule has 14 heavy (non-hydrogen) atoms. The molecule has 0 bridgehead atoms. The quantitative estimate of drug-likeness (QED) is 0.815. The third-order valence-corrected chi connectivity index (χ3v) is 5.02. The van der Waals surface area contributed by atoms with Crippen LogP contribution < -0.4 is 0 Å². The summed E-state index contributed by atoms with van der Waals surface area (Å²) < 4.78 is 0.559. The van der Waals surface area contributed by atoms with Crippen molar-refractivity contribution in [3.05, 3.63) is 9.47 Å². The molecule has 0 spiro atoms. The lowest BCUT2D eigenvalue weighted by Crippen LogP contribution is -2.08. The maximum absolute atomic E-state index is 5.72. The van der Waals surface area contributed by atoms with E-state index in [1.807, 2.05) is 11.8 Å². The van der Waals surface area contributed by atoms with Crippen LogP contribution in [0.2, 0.25) is 4.47 Å². The average Bonchev–Trinajstić information content (AvgIpc) is 2.63. The second-order valence-electron chi connectivity index (χ2n) is 3.52. The highest BCUT2D eigenvalue weighted by molar-refractivity contribution is 7.99. The third-order valence-electron chi connectivity index (χ3n) is 2.44. The van der Waals surface area contributed by atoms with Gasteiger partial charge < -0.3 is 0 Å². The summed E-state index contributed by atoms with van der Waals surface area (Å²) in [5.41, 5.74) is 0. The number of aromatic nitrogens is 2. The Labute approximate surface area is 97.5 Å². The van der Waals surface area contributed by atoms with Gasteiger partial charge in [-0.1, -0.05) is 30.6 Å². The number of halogens is 1. The van der Waals surface area contributed by atoms with Crippen molar-refractivity contribution in [1.29, 1.82) is 0 Å². The minimum atomic E-state index is 0.559. The fraction of sp³-hybridized carbons (Fsp3) is 0.778. The topological polar surface area (TPSA) is 25.8 Å². The van der Waals surface area contributed by atoms with E-state index >= 15 is 0 Å². The Bertz CT molecular complexity index is 284. The van der Waals surface area contributed by atoms with Crippen molar-refractivity contribution in [3.8, 4) is 0 Å². The van der Waals surface area contributed by atoms with Gasteiger partial charge in [-0.25, -0.2) is 0 Å². The first kappa shape index (κ1) is 10.7. The number of hydrogen-bond donors (Lipinski definition) is 0. The summed E-state index contributed by atoms with van der Waals surface area (Å²) in [4.78, 5) is 0. The summed E-state index contributed by atoms with van der Waals surface area (Å²) in [6.07, 6.45) is 6.96. The largest absolute Gasteiger partial charge is 0.207 e. The van der Waals surface area contributed by atoms with E-state index in [-0.39, 0.29) is 0 Å². The van der Waals surface area contributed by atoms with Crippen molar-refractivity contribution in [3.63, 3.8) is 0 Å². The molecule has 1 aliphatic rings. The molecule has 78 valence electrons. The van der Waals surface area contributed by atoms with E-state index < -0.39 is 0 Å². The van der Waals surface area contributed by atoms with Gasteiger partial charge in [-0.2, -0.15) is 11.8 Å². The predicted molar refractivity (Wildman–Crippen MR) is 63.1 cm³/mol. The van der Waals surface area contributed by atoms with E-state index in [9.17, 15) is 0 Å². The normalized spacial score (nSPS) is 18.6. The second-order valence-corrected chi connectivity index (χ2v) is 6.45. The summed E-state index contributed by atoms with van der Waals surface area (Å²) in [6.45, 7) is 0. The fourth-order valence-electron chi connectivity index (χ4n) is 1.71. The molecule has 0 saturated heterocycles. The monoisotopic (exact) mass is 248 g/mol. The van der Waals surface area contributed by atoms with Crippen molar-refractivity contribution in [2.75, 3.05) is 0 Å². The van der Waals surface area contributed by atoms with Gasteiger partial charge >= 0.3 is 0 Å². The second kappa shape index (κ2) is 5.33. The molecule has 0 unspecified atom stereocenters. The third kappa shape index (κ3) is 3.11. The van der Waals surface area contributed by atoms with E-state index in [0.717, 1.165) is 16.0 Å². The first-order chi connectivity index (χ1) is 6.84. The van der Waals surface area contributed by atoms with Crippen molar-refractivity contribution < 1.29 is 0 Å². The van der Waals surface area contributed by atoms with Crippen molar-refractivity contribution >= 4 is 34.7 Å². The lowest BCUT2D eigenvalue weighted by atomic mass is 10.0. The summed E-state index contributed by atoms with van der Waals surface area (Å²) in [7, 11) is 0. The van der Waals surface area contributed by atoms with Crippen LogP contribution in [0.5, 0.6) is 0 Å². The summed E-state index contributed by atoms with van der Waals surface area (Å²) in [6, 6.07) is 0. The van der Waals surface area contributed by atoms with Gasteiger partial charge in [-0.3, -0.25) is 0 Å². The zero-order chi connectivity index (χ0) is 9.80. The molecule has 1 aliphatic carbocycles. The van der Waals surface area contributed by atoms with Crippen LogP contribution in [0.25, 0.3) is 0 Å². The van der Waals surface area contributed by atoms with Crippen LogP contribution in [0.4, 0.5) is 0 Å². The van der Waals surface area contributed by atoms with E-state index in [2.05, 4.69) is 10.2 Å². The number of hydrogen-bond acceptors (Lipinski definition) is 4. The van der Waals surface area contributed by atoms with Gasteiger partial charge in [-0.15, -0.1) is 10.2 Å². The molecule has 1 fully saturated rings. The average molecular weight is 249 g/mol. The molecule has 1 aromatic heterocycles. The fourth-order valence-corrected chi connectivity index (χ4v) is 3.92. The van der Waals surface area contributed by atoms with Crippen molar-refractivity contribution in [1.82, 2.24) is 10.2 Å². The molecule has 0 aliphatic heterocycles. The molecular weight excluding hydrogens is 236 g/mol. The zero-order valence-electron chi connectivity index (χ0n) is 7.91. The Balaban J connectivity index is 1.76. The number of nitrogens with zero attached hydrogens (tertiary/aromatic N) is 2. The number of rotatable bonds is 3. The lowest BCUT2D eigenvalue weighted by molar-refractivity contribution is 0.516. The Morgan fingerprint density at radius 3 is 2.71 bits per heavy atom. The maximum Gasteiger partial charge on any atom is 0.207 e. The minimum Gasteiger partial charge on any atom is -0.151 e. The molecule has 2 nitrogen and oxygen atoms in total. The van der Waals surface area contributed by atoms with Crippen LogP contribution in [0, 0.1) is 0 Å². The predicted octanol–water partition coefficient (Wildman–Crippen LogP) is 3.76. The SMILES string of the molecule is Clc1nnc(CSC2CCCCC2)s1. The van der Waals surface area contributed by atoms with E-state index in [1.54, 1.807) is 0 Å². The van der Waals surface area contributed by atoms with Crippen LogP contribution >= 0.6 is 34.7 Å². The van der Waals surface area contributed by atoms with Crippen LogP contribution in [-0.2, 0) is 5.75 Å². The molecule has 0 aromatic carbocycles. The van der Waals surface area contributed by atoms with Gasteiger partial charge in [-0.05, 0) is 24.4 Å². The molecule has 1 saturated carbocycles. The molecule has 1 aromatic rings. The Morgan fingerprint density at radius 1 is 1.29 bits per heavy atom. The Hall–Kier alpha value is 0.200. The smallest absolute Gasteiger partial charge is 0.151 e. The summed E-state index contributed by atoms with van der Waals surface area (Å²) >= 11 is 9.23. The highest BCUT2D eigenvalue weighted by atomic mass is 35.5. The molecule has 5 heteroatoms. The molecule has 2 rings (SSSR count). The van der Waals surface area contributed by atoms with E-state index in [1.165, 1.54) is 43.4 Å². The van der Waals surface area contributed by atoms with E-state index in [4.69, 9.17) is 11.6 Å². The molecule has 0 N–H and O–H groups in total. The highest BCUT2D eigenvalue weighted by Crippen LogP contribution is 2.31. The zero-order valence-corrected chi connectivity index (χ0v) is 10.3. The van der Waals surface area contributed by atoms with Gasteiger partial charge in [0.1, 0.15) is 5.01 Å². The first-order valence-electron chi connectivity index (χ1n) is 4.94. The molecule has 0 atom stereocenters. The van der Waals surface area contributed by atoms with Crippen LogP contribution in [-0.4, -0.2) is 15.4 Å². The lowest BCUT2D eigenvalue weighted by Gasteiger charge is -2.20. The van der Waals surface area contributed by atoms with Gasteiger partial charge in [0.05, 0.1) is 0 Å². The maximum atomic E-state index is 5.72. The van der Waals surface area contributed by atoms with Crippen LogP contribution in [0.1, 0.15) is 37.1 Å². The van der Waals surface area contributed by atoms with E-state index in [0.29, 0.717) is 4.47 Å². The van der Waals surface area contributed by atoms with Gasteiger partial charge in [0, 0.05) is 11.0 Å². The number of thioether (sulfide) groups is 1. The highest BCUT2D eigenvalue weighted by Gasteiger charge is 2.14. The Kier molecular flexibility index (Phi) is 4.08. The Morgan fingerprint density at radius 2 is 2.07 bits per heavy atom.